The van der Waals surface area contributed by atoms with Crippen molar-refractivity contribution >= 4 is 31.9 Å². The lowest BCUT2D eigenvalue weighted by atomic mass is 10.00. The van der Waals surface area contributed by atoms with E-state index in [-0.39, 0.29) is 30.6 Å². The SMILES string of the molecule is CCCN(CCC)C(=O)c1cc(C(=O)NC(Cc2ccccc2)C(O)CN(CC)NS(=O)(=O)C(C)C)cc(S(N)(=O)=O)c1. The number of aliphatic hydroxyl groups excluding tert-OH is 1. The molecule has 240 valence electrons. The van der Waals surface area contributed by atoms with Gasteiger partial charge in [-0.25, -0.2) is 27.0 Å². The number of rotatable bonds is 17. The van der Waals surface area contributed by atoms with E-state index in [1.165, 1.54) is 24.9 Å². The van der Waals surface area contributed by atoms with Crippen LogP contribution in [-0.2, 0) is 26.5 Å². The summed E-state index contributed by atoms with van der Waals surface area (Å²) < 4.78 is 49.5. The summed E-state index contributed by atoms with van der Waals surface area (Å²) in [4.78, 5) is 30.6. The third-order valence-corrected chi connectivity index (χ3v) is 9.41. The number of likely N-dealkylation sites (N-methyl/N-ethyl adjacent to an activating group) is 1. The fourth-order valence-electron chi connectivity index (χ4n) is 4.33. The number of carbonyl (C=O) groups is 2. The van der Waals surface area contributed by atoms with E-state index in [2.05, 4.69) is 10.1 Å². The molecule has 2 unspecified atom stereocenters. The van der Waals surface area contributed by atoms with Gasteiger partial charge in [-0.15, -0.1) is 4.83 Å². The molecule has 0 saturated carbocycles. The third-order valence-electron chi connectivity index (χ3n) is 6.76. The Hall–Kier alpha value is -2.88. The number of hydrogen-bond donors (Lipinski definition) is 4. The first kappa shape index (κ1) is 36.3. The Morgan fingerprint density at radius 1 is 0.930 bits per heavy atom. The topological polar surface area (TPSA) is 179 Å². The number of benzene rings is 2. The van der Waals surface area contributed by atoms with Crippen molar-refractivity contribution in [2.75, 3.05) is 26.2 Å². The molecule has 0 aliphatic carbocycles. The van der Waals surface area contributed by atoms with E-state index in [1.807, 2.05) is 44.2 Å². The number of hydrazine groups is 1. The van der Waals surface area contributed by atoms with Crippen LogP contribution in [0.5, 0.6) is 0 Å². The second-order valence-electron chi connectivity index (χ2n) is 10.6. The minimum atomic E-state index is -4.27. The molecule has 2 aromatic rings. The maximum Gasteiger partial charge on any atom is 0.253 e. The quantitative estimate of drug-likeness (QED) is 0.189. The second kappa shape index (κ2) is 16.3. The van der Waals surface area contributed by atoms with Crippen molar-refractivity contribution in [2.24, 2.45) is 5.14 Å². The first-order valence-corrected chi connectivity index (χ1v) is 17.5. The molecular formula is C29H45N5O7S2. The molecule has 2 rings (SSSR count). The number of carbonyl (C=O) groups excluding carboxylic acids is 2. The standard InChI is InChI=1S/C29H45N5O7S2/c1-6-14-33(15-7-2)29(37)24-17-23(18-25(19-24)42(30,38)39)28(36)31-26(16-22-12-10-9-11-13-22)27(35)20-34(8-3)32-43(40,41)21(4)5/h9-13,17-19,21,26-27,32,35H,6-8,14-16,20H2,1-5H3,(H,31,36)(H2,30,38,39). The van der Waals surface area contributed by atoms with Crippen molar-refractivity contribution in [3.05, 3.63) is 65.2 Å². The number of nitrogens with two attached hydrogens (primary N) is 1. The van der Waals surface area contributed by atoms with E-state index >= 15 is 0 Å². The summed E-state index contributed by atoms with van der Waals surface area (Å²) in [5.41, 5.74) is 0.668. The molecule has 0 heterocycles. The Morgan fingerprint density at radius 2 is 1.51 bits per heavy atom. The maximum absolute atomic E-state index is 13.6. The molecule has 0 radical (unpaired) electrons. The minimum absolute atomic E-state index is 0.000942. The first-order chi connectivity index (χ1) is 20.1. The van der Waals surface area contributed by atoms with Gasteiger partial charge in [-0.05, 0) is 56.9 Å². The number of sulfonamides is 2. The van der Waals surface area contributed by atoms with E-state index in [1.54, 1.807) is 11.8 Å². The predicted octanol–water partition coefficient (Wildman–Crippen LogP) is 1.86. The van der Waals surface area contributed by atoms with Crippen LogP contribution in [0.4, 0.5) is 0 Å². The van der Waals surface area contributed by atoms with Gasteiger partial charge in [0, 0.05) is 37.3 Å². The summed E-state index contributed by atoms with van der Waals surface area (Å²) in [6.45, 7) is 9.61. The maximum atomic E-state index is 13.6. The normalized spacial score (nSPS) is 13.6. The van der Waals surface area contributed by atoms with Crippen LogP contribution in [0.2, 0.25) is 0 Å². The van der Waals surface area contributed by atoms with Crippen molar-refractivity contribution in [3.63, 3.8) is 0 Å². The van der Waals surface area contributed by atoms with Gasteiger partial charge >= 0.3 is 0 Å². The largest absolute Gasteiger partial charge is 0.390 e. The molecule has 2 atom stereocenters. The lowest BCUT2D eigenvalue weighted by Crippen LogP contribution is -2.54. The van der Waals surface area contributed by atoms with E-state index < -0.39 is 54.2 Å². The monoisotopic (exact) mass is 639 g/mol. The van der Waals surface area contributed by atoms with Crippen LogP contribution in [0.15, 0.2) is 53.4 Å². The molecular weight excluding hydrogens is 594 g/mol. The first-order valence-electron chi connectivity index (χ1n) is 14.4. The van der Waals surface area contributed by atoms with Gasteiger partial charge in [0.25, 0.3) is 11.8 Å². The van der Waals surface area contributed by atoms with Gasteiger partial charge in [-0.1, -0.05) is 51.1 Å². The van der Waals surface area contributed by atoms with Crippen LogP contribution in [0.3, 0.4) is 0 Å². The number of primary sulfonamides is 1. The molecule has 0 aromatic heterocycles. The molecule has 0 bridgehead atoms. The zero-order valence-electron chi connectivity index (χ0n) is 25.5. The number of nitrogens with one attached hydrogen (secondary N) is 2. The minimum Gasteiger partial charge on any atom is -0.390 e. The Morgan fingerprint density at radius 3 is 2.02 bits per heavy atom. The zero-order valence-corrected chi connectivity index (χ0v) is 27.1. The summed E-state index contributed by atoms with van der Waals surface area (Å²) in [7, 11) is -7.95. The van der Waals surface area contributed by atoms with E-state index in [4.69, 9.17) is 5.14 Å². The molecule has 2 aromatic carbocycles. The van der Waals surface area contributed by atoms with E-state index in [0.29, 0.717) is 25.9 Å². The highest BCUT2D eigenvalue weighted by molar-refractivity contribution is 7.90. The Kier molecular flexibility index (Phi) is 13.7. The molecule has 14 heteroatoms. The Balaban J connectivity index is 2.46. The average molecular weight is 640 g/mol. The molecule has 0 spiro atoms. The highest BCUT2D eigenvalue weighted by Crippen LogP contribution is 2.18. The smallest absolute Gasteiger partial charge is 0.253 e. The van der Waals surface area contributed by atoms with Crippen LogP contribution in [0.25, 0.3) is 0 Å². The van der Waals surface area contributed by atoms with Crippen LogP contribution in [0.1, 0.15) is 73.7 Å². The molecule has 12 nitrogen and oxygen atoms in total. The van der Waals surface area contributed by atoms with Gasteiger partial charge in [0.05, 0.1) is 22.3 Å². The lowest BCUT2D eigenvalue weighted by molar-refractivity contribution is 0.0634. The number of hydrogen-bond acceptors (Lipinski definition) is 8. The van der Waals surface area contributed by atoms with E-state index in [9.17, 15) is 31.5 Å². The zero-order chi connectivity index (χ0) is 32.4. The van der Waals surface area contributed by atoms with Crippen molar-refractivity contribution in [1.82, 2.24) is 20.1 Å². The average Bonchev–Trinajstić information content (AvgIpc) is 2.95. The van der Waals surface area contributed by atoms with Crippen LogP contribution in [-0.4, -0.2) is 87.2 Å². The molecule has 43 heavy (non-hydrogen) atoms. The summed E-state index contributed by atoms with van der Waals surface area (Å²) in [6.07, 6.45) is 0.319. The number of nitrogens with zero attached hydrogens (tertiary/aromatic N) is 2. The van der Waals surface area contributed by atoms with Crippen molar-refractivity contribution in [2.45, 2.75) is 76.2 Å². The van der Waals surface area contributed by atoms with Crippen LogP contribution >= 0.6 is 0 Å². The van der Waals surface area contributed by atoms with Gasteiger partial charge in [-0.2, -0.15) is 0 Å². The number of amides is 2. The lowest BCUT2D eigenvalue weighted by Gasteiger charge is -2.30. The van der Waals surface area contributed by atoms with Gasteiger partial charge in [0.2, 0.25) is 20.0 Å². The fraction of sp³-hybridized carbons (Fsp3) is 0.517. The Bertz CT molecular complexity index is 1430. The summed E-state index contributed by atoms with van der Waals surface area (Å²) in [5.74, 6) is -1.16. The third kappa shape index (κ3) is 11.0. The molecule has 2 amide bonds. The Labute approximate surface area is 255 Å². The fourth-order valence-corrected chi connectivity index (χ4v) is 5.68. The molecule has 5 N–H and O–H groups in total. The van der Waals surface area contributed by atoms with Gasteiger partial charge in [0.15, 0.2) is 0 Å². The molecule has 0 aliphatic rings. The van der Waals surface area contributed by atoms with Gasteiger partial charge < -0.3 is 15.3 Å². The molecule has 0 saturated heterocycles. The van der Waals surface area contributed by atoms with Crippen molar-refractivity contribution in [3.8, 4) is 0 Å². The van der Waals surface area contributed by atoms with Crippen molar-refractivity contribution < 1.29 is 31.5 Å². The predicted molar refractivity (Wildman–Crippen MR) is 166 cm³/mol. The highest BCUT2D eigenvalue weighted by Gasteiger charge is 2.28. The van der Waals surface area contributed by atoms with Crippen LogP contribution < -0.4 is 15.3 Å². The second-order valence-corrected chi connectivity index (χ2v) is 14.4. The summed E-state index contributed by atoms with van der Waals surface area (Å²) in [6, 6.07) is 11.7. The number of aliphatic hydroxyl groups is 1. The highest BCUT2D eigenvalue weighted by atomic mass is 32.2. The molecule has 0 fully saturated rings. The van der Waals surface area contributed by atoms with E-state index in [0.717, 1.165) is 17.7 Å². The van der Waals surface area contributed by atoms with Crippen molar-refractivity contribution in [1.29, 1.82) is 0 Å². The summed E-state index contributed by atoms with van der Waals surface area (Å²) >= 11 is 0. The van der Waals surface area contributed by atoms with Gasteiger partial charge in [0.1, 0.15) is 0 Å². The molecule has 0 aliphatic heterocycles. The van der Waals surface area contributed by atoms with Gasteiger partial charge in [-0.3, -0.25) is 9.59 Å². The summed E-state index contributed by atoms with van der Waals surface area (Å²) in [5, 5.41) is 20.1. The van der Waals surface area contributed by atoms with Crippen LogP contribution in [0, 0.1) is 0 Å².